The van der Waals surface area contributed by atoms with Crippen LogP contribution in [0.25, 0.3) is 11.1 Å². The predicted molar refractivity (Wildman–Crippen MR) is 146 cm³/mol. The molecule has 202 valence electrons. The highest BCUT2D eigenvalue weighted by Crippen LogP contribution is 2.42. The Morgan fingerprint density at radius 3 is 2.39 bits per heavy atom. The fraction of sp³-hybridized carbons (Fsp3) is 0.593. The Balaban J connectivity index is 0.00000456. The summed E-state index contributed by atoms with van der Waals surface area (Å²) in [5.74, 6) is 1.52. The summed E-state index contributed by atoms with van der Waals surface area (Å²) in [4.78, 5) is 22.7. The smallest absolute Gasteiger partial charge is 0.469 e. The molecule has 1 aliphatic rings. The molecule has 0 spiro atoms. The zero-order chi connectivity index (χ0) is 24.9. The van der Waals surface area contributed by atoms with Gasteiger partial charge < -0.3 is 26.0 Å². The van der Waals surface area contributed by atoms with Gasteiger partial charge in [-0.3, -0.25) is 4.52 Å². The van der Waals surface area contributed by atoms with Gasteiger partial charge in [-0.2, -0.15) is 0 Å². The van der Waals surface area contributed by atoms with E-state index in [0.717, 1.165) is 42.7 Å². The normalized spacial score (nSPS) is 17.5. The molecule has 0 saturated heterocycles. The summed E-state index contributed by atoms with van der Waals surface area (Å²) >= 11 is 0. The van der Waals surface area contributed by atoms with Crippen LogP contribution in [0.4, 0.5) is 5.82 Å². The van der Waals surface area contributed by atoms with Crippen LogP contribution in [0.5, 0.6) is 5.75 Å². The second kappa shape index (κ2) is 16.0. The predicted octanol–water partition coefficient (Wildman–Crippen LogP) is 7.26. The lowest BCUT2D eigenvalue weighted by atomic mass is 10.1. The van der Waals surface area contributed by atoms with Crippen molar-refractivity contribution in [2.75, 3.05) is 11.9 Å². The van der Waals surface area contributed by atoms with Gasteiger partial charge >= 0.3 is 7.82 Å². The van der Waals surface area contributed by atoms with Gasteiger partial charge in [0.05, 0.1) is 18.8 Å². The minimum atomic E-state index is -4.52. The summed E-state index contributed by atoms with van der Waals surface area (Å²) in [5, 5.41) is 3.30. The van der Waals surface area contributed by atoms with Crippen LogP contribution in [0.1, 0.15) is 84.0 Å². The van der Waals surface area contributed by atoms with E-state index in [1.807, 2.05) is 36.4 Å². The molecule has 1 heterocycles. The first kappa shape index (κ1) is 30.3. The molecule has 1 aromatic heterocycles. The number of hydrogen-bond donors (Lipinski definition) is 4. The van der Waals surface area contributed by atoms with Crippen molar-refractivity contribution < 1.29 is 23.6 Å². The topological polar surface area (TPSA) is 136 Å². The van der Waals surface area contributed by atoms with Gasteiger partial charge in [-0.1, -0.05) is 70.4 Å². The maximum absolute atomic E-state index is 11.3. The molecular formula is C27H44N3O5P. The third kappa shape index (κ3) is 11.0. The Morgan fingerprint density at radius 1 is 0.972 bits per heavy atom. The van der Waals surface area contributed by atoms with Gasteiger partial charge in [-0.15, -0.1) is 0 Å². The molecule has 1 fully saturated rings. The Kier molecular flexibility index (Phi) is 13.5. The van der Waals surface area contributed by atoms with Crippen molar-refractivity contribution in [1.29, 1.82) is 0 Å². The van der Waals surface area contributed by atoms with E-state index < -0.39 is 13.9 Å². The number of hydrogen-bond acceptors (Lipinski definition) is 6. The first-order valence-electron chi connectivity index (χ1n) is 13.1. The van der Waals surface area contributed by atoms with Gasteiger partial charge in [0.15, 0.2) is 0 Å². The molecule has 3 rings (SSSR count). The van der Waals surface area contributed by atoms with Crippen LogP contribution in [0.15, 0.2) is 42.6 Å². The number of nitrogens with zero attached hydrogens (tertiary/aromatic N) is 1. The number of aromatic nitrogens is 1. The van der Waals surface area contributed by atoms with Crippen molar-refractivity contribution in [1.82, 2.24) is 11.1 Å². The molecule has 0 aliphatic heterocycles. The lowest BCUT2D eigenvalue weighted by Gasteiger charge is -2.22. The van der Waals surface area contributed by atoms with Gasteiger partial charge in [0.1, 0.15) is 11.6 Å². The van der Waals surface area contributed by atoms with Crippen LogP contribution < -0.4 is 16.2 Å². The highest BCUT2D eigenvalue weighted by Gasteiger charge is 2.33. The number of pyridine rings is 1. The quantitative estimate of drug-likeness (QED) is 0.134. The van der Waals surface area contributed by atoms with E-state index in [0.29, 0.717) is 12.2 Å². The number of anilines is 1. The summed E-state index contributed by atoms with van der Waals surface area (Å²) in [6.07, 6.45) is 15.1. The molecular weight excluding hydrogens is 477 g/mol. The van der Waals surface area contributed by atoms with Crippen molar-refractivity contribution in [3.63, 3.8) is 0 Å². The van der Waals surface area contributed by atoms with Crippen molar-refractivity contribution in [3.8, 4) is 16.9 Å². The SMILES string of the molecule is CCCCCCCCCCCOc1cccc(-c2ccnc(NC3CCCC3OP(=O)(O)O)c2)c1.N. The Morgan fingerprint density at radius 2 is 1.67 bits per heavy atom. The van der Waals surface area contributed by atoms with Crippen LogP contribution in [-0.4, -0.2) is 33.5 Å². The lowest BCUT2D eigenvalue weighted by molar-refractivity contribution is 0.130. The summed E-state index contributed by atoms with van der Waals surface area (Å²) < 4.78 is 22.2. The number of phosphoric ester groups is 1. The lowest BCUT2D eigenvalue weighted by Crippen LogP contribution is -2.30. The van der Waals surface area contributed by atoms with Crippen molar-refractivity contribution >= 4 is 13.6 Å². The summed E-state index contributed by atoms with van der Waals surface area (Å²) in [6.45, 7) is 2.98. The van der Waals surface area contributed by atoms with Gasteiger partial charge in [-0.25, -0.2) is 9.55 Å². The van der Waals surface area contributed by atoms with Crippen LogP contribution in [-0.2, 0) is 9.09 Å². The number of unbranched alkanes of at least 4 members (excludes halogenated alkanes) is 8. The van der Waals surface area contributed by atoms with E-state index in [9.17, 15) is 4.57 Å². The van der Waals surface area contributed by atoms with Gasteiger partial charge in [0.2, 0.25) is 0 Å². The van der Waals surface area contributed by atoms with Gasteiger partial charge in [0, 0.05) is 6.20 Å². The van der Waals surface area contributed by atoms with E-state index in [-0.39, 0.29) is 12.2 Å². The molecule has 9 heteroatoms. The molecule has 6 N–H and O–H groups in total. The molecule has 0 radical (unpaired) electrons. The number of benzene rings is 1. The van der Waals surface area contributed by atoms with E-state index in [1.54, 1.807) is 6.20 Å². The molecule has 0 amide bonds. The van der Waals surface area contributed by atoms with Crippen molar-refractivity contribution in [2.45, 2.75) is 96.1 Å². The molecule has 0 bridgehead atoms. The monoisotopic (exact) mass is 521 g/mol. The molecule has 2 aromatic rings. The molecule has 2 atom stereocenters. The van der Waals surface area contributed by atoms with E-state index in [1.165, 1.54) is 51.4 Å². The fourth-order valence-electron chi connectivity index (χ4n) is 4.64. The molecule has 1 saturated carbocycles. The first-order chi connectivity index (χ1) is 16.9. The zero-order valence-corrected chi connectivity index (χ0v) is 22.5. The van der Waals surface area contributed by atoms with Crippen LogP contribution in [0.2, 0.25) is 0 Å². The number of ether oxygens (including phenoxy) is 1. The highest BCUT2D eigenvalue weighted by atomic mass is 31.2. The average Bonchev–Trinajstić information content (AvgIpc) is 3.25. The minimum Gasteiger partial charge on any atom is -0.494 e. The maximum Gasteiger partial charge on any atom is 0.469 e. The number of phosphoric acid groups is 1. The maximum atomic E-state index is 11.3. The zero-order valence-electron chi connectivity index (χ0n) is 21.6. The van der Waals surface area contributed by atoms with Gasteiger partial charge in [-0.05, 0) is 61.1 Å². The largest absolute Gasteiger partial charge is 0.494 e. The molecule has 1 aliphatic carbocycles. The minimum absolute atomic E-state index is 0. The number of rotatable bonds is 16. The average molecular weight is 522 g/mol. The van der Waals surface area contributed by atoms with Crippen LogP contribution in [0, 0.1) is 0 Å². The van der Waals surface area contributed by atoms with E-state index in [2.05, 4.69) is 17.2 Å². The second-order valence-electron chi connectivity index (χ2n) is 9.45. The number of nitrogens with one attached hydrogen (secondary N) is 1. The Hall–Kier alpha value is -1.96. The molecule has 8 nitrogen and oxygen atoms in total. The standard InChI is InChI=1S/C27H41N2O5P.H3N/c1-2-3-4-5-6-7-8-9-10-19-33-24-14-11-13-22(20-24)23-17-18-28-27(21-23)29-25-15-12-16-26(25)34-35(30,31)32;/h11,13-14,17-18,20-21,25-26H,2-10,12,15-16,19H2,1H3,(H,28,29)(H2,30,31,32);1H3. The Bertz CT molecular complexity index is 939. The Labute approximate surface area is 216 Å². The van der Waals surface area contributed by atoms with Crippen molar-refractivity contribution in [3.05, 3.63) is 42.6 Å². The second-order valence-corrected chi connectivity index (χ2v) is 10.6. The third-order valence-corrected chi connectivity index (χ3v) is 7.05. The molecule has 1 aromatic carbocycles. The summed E-state index contributed by atoms with van der Waals surface area (Å²) in [5.41, 5.74) is 2.04. The fourth-order valence-corrected chi connectivity index (χ4v) is 5.25. The summed E-state index contributed by atoms with van der Waals surface area (Å²) in [6, 6.07) is 11.8. The van der Waals surface area contributed by atoms with E-state index >= 15 is 0 Å². The van der Waals surface area contributed by atoms with Crippen LogP contribution >= 0.6 is 7.82 Å². The third-order valence-electron chi connectivity index (χ3n) is 6.50. The molecule has 2 unspecified atom stereocenters. The van der Waals surface area contributed by atoms with Crippen LogP contribution in [0.3, 0.4) is 0 Å². The summed E-state index contributed by atoms with van der Waals surface area (Å²) in [7, 11) is -4.52. The highest BCUT2D eigenvalue weighted by molar-refractivity contribution is 7.46. The van der Waals surface area contributed by atoms with E-state index in [4.69, 9.17) is 19.0 Å². The van der Waals surface area contributed by atoms with Gasteiger partial charge in [0.25, 0.3) is 0 Å². The molecule has 36 heavy (non-hydrogen) atoms. The van der Waals surface area contributed by atoms with Crippen molar-refractivity contribution in [2.24, 2.45) is 0 Å². The first-order valence-corrected chi connectivity index (χ1v) is 14.7.